The fourth-order valence-corrected chi connectivity index (χ4v) is 3.07. The molecule has 0 bridgehead atoms. The van der Waals surface area contributed by atoms with Gasteiger partial charge in [-0.15, -0.1) is 0 Å². The summed E-state index contributed by atoms with van der Waals surface area (Å²) in [7, 11) is 1.77. The zero-order chi connectivity index (χ0) is 21.3. The highest BCUT2D eigenvalue weighted by Gasteiger charge is 2.30. The van der Waals surface area contributed by atoms with E-state index in [1.54, 1.807) is 18.7 Å². The molecule has 3 rings (SSSR count). The molecule has 152 valence electrons. The van der Waals surface area contributed by atoms with Crippen LogP contribution in [0.5, 0.6) is 0 Å². The molecule has 1 saturated heterocycles. The Hall–Kier alpha value is -3.49. The maximum atomic E-state index is 12.4. The van der Waals surface area contributed by atoms with E-state index in [2.05, 4.69) is 10.4 Å². The standard InChI is InChI=1S/C20H22N4O5/c1-11-18(12(2)23(4)22-11)21-19(27)13(3)29-20(28)14-5-7-15(8-6-14)24-16(25)9-10-17(24)26/h5-8,13H,9-10H2,1-4H3,(H,21,27)/t13-/m0/s1. The molecule has 0 unspecified atom stereocenters. The van der Waals surface area contributed by atoms with Gasteiger partial charge in [-0.25, -0.2) is 4.79 Å². The van der Waals surface area contributed by atoms with Crippen LogP contribution in [0.3, 0.4) is 0 Å². The first-order valence-corrected chi connectivity index (χ1v) is 9.17. The Bertz CT molecular complexity index is 977. The first-order valence-electron chi connectivity index (χ1n) is 9.17. The number of aromatic nitrogens is 2. The van der Waals surface area contributed by atoms with Crippen LogP contribution in [0.2, 0.25) is 0 Å². The largest absolute Gasteiger partial charge is 0.449 e. The molecule has 2 aromatic rings. The molecule has 1 N–H and O–H groups in total. The summed E-state index contributed by atoms with van der Waals surface area (Å²) < 4.78 is 6.89. The summed E-state index contributed by atoms with van der Waals surface area (Å²) in [4.78, 5) is 49.4. The van der Waals surface area contributed by atoms with E-state index in [1.165, 1.54) is 31.2 Å². The Morgan fingerprint density at radius 2 is 1.69 bits per heavy atom. The summed E-state index contributed by atoms with van der Waals surface area (Å²) in [6, 6.07) is 5.92. The summed E-state index contributed by atoms with van der Waals surface area (Å²) in [5.74, 6) is -1.69. The molecule has 0 aliphatic carbocycles. The SMILES string of the molecule is Cc1nn(C)c(C)c1NC(=O)[C@H](C)OC(=O)c1ccc(N2C(=O)CCC2=O)cc1. The number of esters is 1. The lowest BCUT2D eigenvalue weighted by atomic mass is 10.2. The monoisotopic (exact) mass is 398 g/mol. The van der Waals surface area contributed by atoms with Crippen LogP contribution in [0.15, 0.2) is 24.3 Å². The van der Waals surface area contributed by atoms with Crippen LogP contribution < -0.4 is 10.2 Å². The quantitative estimate of drug-likeness (QED) is 0.608. The number of benzene rings is 1. The Morgan fingerprint density at radius 1 is 1.10 bits per heavy atom. The van der Waals surface area contributed by atoms with Gasteiger partial charge in [0.1, 0.15) is 0 Å². The summed E-state index contributed by atoms with van der Waals surface area (Å²) in [6.45, 7) is 5.07. The van der Waals surface area contributed by atoms with Crippen LogP contribution in [0.4, 0.5) is 11.4 Å². The second kappa shape index (κ2) is 7.86. The Kier molecular flexibility index (Phi) is 5.49. The lowest BCUT2D eigenvalue weighted by Crippen LogP contribution is -2.30. The van der Waals surface area contributed by atoms with Crippen molar-refractivity contribution >= 4 is 35.1 Å². The molecule has 0 radical (unpaired) electrons. The van der Waals surface area contributed by atoms with Gasteiger partial charge >= 0.3 is 5.97 Å². The highest BCUT2D eigenvalue weighted by Crippen LogP contribution is 2.23. The molecule has 1 atom stereocenters. The molecule has 1 aliphatic heterocycles. The fraction of sp³-hybridized carbons (Fsp3) is 0.350. The van der Waals surface area contributed by atoms with Crippen molar-refractivity contribution in [3.05, 3.63) is 41.2 Å². The highest BCUT2D eigenvalue weighted by molar-refractivity contribution is 6.19. The number of carbonyl (C=O) groups excluding carboxylic acids is 4. The van der Waals surface area contributed by atoms with Crippen molar-refractivity contribution < 1.29 is 23.9 Å². The fourth-order valence-electron chi connectivity index (χ4n) is 3.07. The average molecular weight is 398 g/mol. The van der Waals surface area contributed by atoms with Gasteiger partial charge in [0, 0.05) is 19.9 Å². The van der Waals surface area contributed by atoms with Gasteiger partial charge in [-0.05, 0) is 45.0 Å². The van der Waals surface area contributed by atoms with Crippen molar-refractivity contribution in [1.29, 1.82) is 0 Å². The number of hydrogen-bond acceptors (Lipinski definition) is 6. The van der Waals surface area contributed by atoms with Crippen LogP contribution in [-0.2, 0) is 26.2 Å². The molecular weight excluding hydrogens is 376 g/mol. The minimum absolute atomic E-state index is 0.186. The molecule has 9 heteroatoms. The number of imide groups is 1. The Balaban J connectivity index is 1.64. The van der Waals surface area contributed by atoms with E-state index in [0.717, 1.165) is 10.6 Å². The Morgan fingerprint density at radius 3 is 2.21 bits per heavy atom. The zero-order valence-electron chi connectivity index (χ0n) is 16.7. The molecule has 0 saturated carbocycles. The average Bonchev–Trinajstić information content (AvgIpc) is 3.14. The number of nitrogens with zero attached hydrogens (tertiary/aromatic N) is 3. The lowest BCUT2D eigenvalue weighted by Gasteiger charge is -2.15. The number of amides is 3. The molecule has 9 nitrogen and oxygen atoms in total. The van der Waals surface area contributed by atoms with Crippen molar-refractivity contribution in [3.63, 3.8) is 0 Å². The molecule has 1 aliphatic rings. The molecule has 3 amide bonds. The zero-order valence-corrected chi connectivity index (χ0v) is 16.7. The third-order valence-electron chi connectivity index (χ3n) is 4.82. The summed E-state index contributed by atoms with van der Waals surface area (Å²) in [6.07, 6.45) is -0.654. The summed E-state index contributed by atoms with van der Waals surface area (Å²) in [5, 5.41) is 6.96. The number of aryl methyl sites for hydroxylation is 2. The minimum atomic E-state index is -1.03. The maximum absolute atomic E-state index is 12.4. The number of carbonyl (C=O) groups is 4. The van der Waals surface area contributed by atoms with E-state index in [-0.39, 0.29) is 30.2 Å². The van der Waals surface area contributed by atoms with Gasteiger partial charge in [-0.3, -0.25) is 24.0 Å². The van der Waals surface area contributed by atoms with E-state index in [4.69, 9.17) is 4.74 Å². The maximum Gasteiger partial charge on any atom is 0.338 e. The predicted molar refractivity (Wildman–Crippen MR) is 104 cm³/mol. The first-order chi connectivity index (χ1) is 13.7. The number of hydrogen-bond donors (Lipinski definition) is 1. The van der Waals surface area contributed by atoms with Crippen LogP contribution in [0.25, 0.3) is 0 Å². The van der Waals surface area contributed by atoms with Gasteiger partial charge in [-0.2, -0.15) is 5.10 Å². The van der Waals surface area contributed by atoms with Crippen molar-refractivity contribution in [3.8, 4) is 0 Å². The number of nitrogens with one attached hydrogen (secondary N) is 1. The van der Waals surface area contributed by atoms with Gasteiger partial charge in [0.2, 0.25) is 11.8 Å². The molecule has 29 heavy (non-hydrogen) atoms. The van der Waals surface area contributed by atoms with Gasteiger partial charge in [0.15, 0.2) is 6.10 Å². The van der Waals surface area contributed by atoms with Gasteiger partial charge in [-0.1, -0.05) is 0 Å². The van der Waals surface area contributed by atoms with Gasteiger partial charge in [0.05, 0.1) is 28.3 Å². The highest BCUT2D eigenvalue weighted by atomic mass is 16.5. The second-order valence-corrected chi connectivity index (χ2v) is 6.88. The molecule has 1 fully saturated rings. The third kappa shape index (κ3) is 4.03. The van der Waals surface area contributed by atoms with Gasteiger partial charge in [0.25, 0.3) is 5.91 Å². The topological polar surface area (TPSA) is 111 Å². The normalized spacial score (nSPS) is 14.8. The number of rotatable bonds is 5. The molecule has 2 heterocycles. The van der Waals surface area contributed by atoms with E-state index >= 15 is 0 Å². The number of anilines is 2. The summed E-state index contributed by atoms with van der Waals surface area (Å²) in [5.41, 5.74) is 2.66. The Labute approximate surface area is 167 Å². The smallest absolute Gasteiger partial charge is 0.338 e. The second-order valence-electron chi connectivity index (χ2n) is 6.88. The van der Waals surface area contributed by atoms with Crippen LogP contribution in [-0.4, -0.2) is 39.6 Å². The van der Waals surface area contributed by atoms with Crippen molar-refractivity contribution in [2.75, 3.05) is 10.2 Å². The predicted octanol–water partition coefficient (Wildman–Crippen LogP) is 1.87. The first kappa shape index (κ1) is 20.2. The molecule has 1 aromatic carbocycles. The molecule has 1 aromatic heterocycles. The minimum Gasteiger partial charge on any atom is -0.449 e. The third-order valence-corrected chi connectivity index (χ3v) is 4.82. The van der Waals surface area contributed by atoms with Gasteiger partial charge < -0.3 is 10.1 Å². The van der Waals surface area contributed by atoms with E-state index in [1.807, 2.05) is 6.92 Å². The number of ether oxygens (including phenoxy) is 1. The van der Waals surface area contributed by atoms with Crippen molar-refractivity contribution in [2.45, 2.75) is 39.7 Å². The lowest BCUT2D eigenvalue weighted by molar-refractivity contribution is -0.124. The molecular formula is C20H22N4O5. The summed E-state index contributed by atoms with van der Waals surface area (Å²) >= 11 is 0. The molecule has 0 spiro atoms. The van der Waals surface area contributed by atoms with E-state index in [9.17, 15) is 19.2 Å². The van der Waals surface area contributed by atoms with E-state index < -0.39 is 18.0 Å². The van der Waals surface area contributed by atoms with Crippen molar-refractivity contribution in [1.82, 2.24) is 9.78 Å². The van der Waals surface area contributed by atoms with E-state index in [0.29, 0.717) is 17.1 Å². The van der Waals surface area contributed by atoms with Crippen LogP contribution in [0, 0.1) is 13.8 Å². The van der Waals surface area contributed by atoms with Crippen LogP contribution in [0.1, 0.15) is 41.5 Å². The van der Waals surface area contributed by atoms with Crippen LogP contribution >= 0.6 is 0 Å². The van der Waals surface area contributed by atoms with Crippen molar-refractivity contribution in [2.24, 2.45) is 7.05 Å².